The number of hydrogen-bond acceptors (Lipinski definition) is 2. The van der Waals surface area contributed by atoms with Crippen LogP contribution in [0.3, 0.4) is 0 Å². The predicted octanol–water partition coefficient (Wildman–Crippen LogP) is 2.86. The van der Waals surface area contributed by atoms with E-state index in [1.54, 1.807) is 31.2 Å². The molecule has 4 heteroatoms. The molecule has 0 saturated heterocycles. The summed E-state index contributed by atoms with van der Waals surface area (Å²) in [6.07, 6.45) is 3.09. The Labute approximate surface area is 93.7 Å². The van der Waals surface area contributed by atoms with E-state index < -0.39 is 0 Å². The fraction of sp³-hybridized carbons (Fsp3) is 0.182. The summed E-state index contributed by atoms with van der Waals surface area (Å²) in [5.41, 5.74) is 0.563. The summed E-state index contributed by atoms with van der Waals surface area (Å²) < 4.78 is 5.08. The van der Waals surface area contributed by atoms with Crippen LogP contribution in [0, 0.1) is 0 Å². The summed E-state index contributed by atoms with van der Waals surface area (Å²) in [7, 11) is 1.54. The maximum atomic E-state index is 11.3. The minimum absolute atomic E-state index is 0.210. The van der Waals surface area contributed by atoms with Crippen molar-refractivity contribution in [2.24, 2.45) is 0 Å². The minimum Gasteiger partial charge on any atom is -0.495 e. The number of nitrogens with one attached hydrogen (secondary N) is 1. The molecular formula is C11H12ClNO2. The molecule has 0 unspecified atom stereocenters. The number of methoxy groups -OCH3 is 1. The van der Waals surface area contributed by atoms with Gasteiger partial charge in [-0.2, -0.15) is 0 Å². The highest BCUT2D eigenvalue weighted by molar-refractivity contribution is 6.31. The van der Waals surface area contributed by atoms with E-state index in [1.807, 2.05) is 0 Å². The molecule has 0 aliphatic carbocycles. The Bertz CT molecular complexity index is 388. The molecule has 0 saturated carbocycles. The van der Waals surface area contributed by atoms with E-state index in [0.717, 1.165) is 0 Å². The van der Waals surface area contributed by atoms with Gasteiger partial charge in [-0.3, -0.25) is 4.79 Å². The van der Waals surface area contributed by atoms with Gasteiger partial charge in [-0.05, 0) is 31.2 Å². The lowest BCUT2D eigenvalue weighted by atomic mass is 10.3. The molecule has 0 bridgehead atoms. The van der Waals surface area contributed by atoms with E-state index in [-0.39, 0.29) is 5.91 Å². The molecule has 1 aromatic carbocycles. The highest BCUT2D eigenvalue weighted by atomic mass is 35.5. The average molecular weight is 226 g/mol. The summed E-state index contributed by atoms with van der Waals surface area (Å²) in [6, 6.07) is 5.04. The number of rotatable bonds is 3. The van der Waals surface area contributed by atoms with Crippen molar-refractivity contribution in [1.82, 2.24) is 0 Å². The first-order valence-corrected chi connectivity index (χ1v) is 4.82. The Morgan fingerprint density at radius 2 is 2.27 bits per heavy atom. The molecular weight excluding hydrogens is 214 g/mol. The zero-order valence-electron chi connectivity index (χ0n) is 8.58. The fourth-order valence-corrected chi connectivity index (χ4v) is 1.28. The maximum Gasteiger partial charge on any atom is 0.248 e. The number of carbonyl (C=O) groups is 1. The van der Waals surface area contributed by atoms with Crippen LogP contribution in [0.2, 0.25) is 5.02 Å². The van der Waals surface area contributed by atoms with Gasteiger partial charge in [0.1, 0.15) is 5.75 Å². The Balaban J connectivity index is 2.91. The predicted molar refractivity (Wildman–Crippen MR) is 61.4 cm³/mol. The molecule has 15 heavy (non-hydrogen) atoms. The lowest BCUT2D eigenvalue weighted by Crippen LogP contribution is -2.08. The van der Waals surface area contributed by atoms with Gasteiger partial charge in [-0.1, -0.05) is 17.7 Å². The van der Waals surface area contributed by atoms with Gasteiger partial charge >= 0.3 is 0 Å². The van der Waals surface area contributed by atoms with Crippen LogP contribution in [0.4, 0.5) is 5.69 Å². The van der Waals surface area contributed by atoms with Crippen molar-refractivity contribution < 1.29 is 9.53 Å². The first kappa shape index (κ1) is 11.6. The zero-order chi connectivity index (χ0) is 11.3. The fourth-order valence-electron chi connectivity index (χ4n) is 1.10. The summed E-state index contributed by atoms with van der Waals surface area (Å²) >= 11 is 5.81. The highest BCUT2D eigenvalue weighted by Gasteiger charge is 2.05. The third kappa shape index (κ3) is 3.29. The van der Waals surface area contributed by atoms with Gasteiger partial charge in [0.05, 0.1) is 12.8 Å². The molecule has 0 spiro atoms. The summed E-state index contributed by atoms with van der Waals surface area (Å²) in [5, 5.41) is 3.22. The molecule has 0 fully saturated rings. The van der Waals surface area contributed by atoms with Crippen molar-refractivity contribution in [1.29, 1.82) is 0 Å². The number of anilines is 1. The zero-order valence-corrected chi connectivity index (χ0v) is 9.34. The molecule has 1 aromatic rings. The van der Waals surface area contributed by atoms with Crippen molar-refractivity contribution in [2.75, 3.05) is 12.4 Å². The van der Waals surface area contributed by atoms with Crippen LogP contribution in [0.25, 0.3) is 0 Å². The first-order chi connectivity index (χ1) is 7.17. The third-order valence-electron chi connectivity index (χ3n) is 1.74. The lowest BCUT2D eigenvalue weighted by Gasteiger charge is -2.08. The van der Waals surface area contributed by atoms with E-state index in [0.29, 0.717) is 16.5 Å². The van der Waals surface area contributed by atoms with E-state index >= 15 is 0 Å². The topological polar surface area (TPSA) is 38.3 Å². The molecule has 0 aromatic heterocycles. The number of allylic oxidation sites excluding steroid dienone is 1. The standard InChI is InChI=1S/C11H12ClNO2/c1-3-4-11(14)13-9-7-8(12)5-6-10(9)15-2/h3-7H,1-2H3,(H,13,14). The van der Waals surface area contributed by atoms with Crippen LogP contribution in [0.5, 0.6) is 5.75 Å². The van der Waals surface area contributed by atoms with Gasteiger partial charge in [0, 0.05) is 5.02 Å². The second-order valence-corrected chi connectivity index (χ2v) is 3.27. The van der Waals surface area contributed by atoms with Crippen molar-refractivity contribution in [3.63, 3.8) is 0 Å². The van der Waals surface area contributed by atoms with Crippen LogP contribution in [0.15, 0.2) is 30.4 Å². The normalized spacial score (nSPS) is 10.3. The molecule has 0 heterocycles. The van der Waals surface area contributed by atoms with Gasteiger partial charge in [0.2, 0.25) is 5.91 Å². The van der Waals surface area contributed by atoms with Crippen molar-refractivity contribution >= 4 is 23.2 Å². The molecule has 0 radical (unpaired) electrons. The quantitative estimate of drug-likeness (QED) is 0.804. The number of carbonyl (C=O) groups excluding carboxylic acids is 1. The number of ether oxygens (including phenoxy) is 1. The molecule has 0 aliphatic heterocycles. The SMILES string of the molecule is CC=CC(=O)Nc1cc(Cl)ccc1OC. The van der Waals surface area contributed by atoms with E-state index in [1.165, 1.54) is 13.2 Å². The Kier molecular flexibility index (Phi) is 4.18. The minimum atomic E-state index is -0.210. The lowest BCUT2D eigenvalue weighted by molar-refractivity contribution is -0.111. The van der Waals surface area contributed by atoms with Crippen LogP contribution >= 0.6 is 11.6 Å². The molecule has 1 rings (SSSR count). The van der Waals surface area contributed by atoms with Gasteiger partial charge in [-0.25, -0.2) is 0 Å². The van der Waals surface area contributed by atoms with Crippen LogP contribution in [-0.4, -0.2) is 13.0 Å². The third-order valence-corrected chi connectivity index (χ3v) is 1.97. The van der Waals surface area contributed by atoms with Crippen molar-refractivity contribution in [2.45, 2.75) is 6.92 Å². The molecule has 80 valence electrons. The van der Waals surface area contributed by atoms with E-state index in [2.05, 4.69) is 5.32 Å². The maximum absolute atomic E-state index is 11.3. The van der Waals surface area contributed by atoms with Gasteiger partial charge in [0.25, 0.3) is 0 Å². The van der Waals surface area contributed by atoms with Crippen molar-refractivity contribution in [3.8, 4) is 5.75 Å². The summed E-state index contributed by atoms with van der Waals surface area (Å²) in [5.74, 6) is 0.371. The van der Waals surface area contributed by atoms with Gasteiger partial charge in [0.15, 0.2) is 0 Å². The monoisotopic (exact) mass is 225 g/mol. The van der Waals surface area contributed by atoms with Crippen LogP contribution in [-0.2, 0) is 4.79 Å². The summed E-state index contributed by atoms with van der Waals surface area (Å²) in [6.45, 7) is 1.77. The first-order valence-electron chi connectivity index (χ1n) is 4.44. The number of amides is 1. The Morgan fingerprint density at radius 1 is 1.53 bits per heavy atom. The van der Waals surface area contributed by atoms with Gasteiger partial charge in [-0.15, -0.1) is 0 Å². The number of halogens is 1. The average Bonchev–Trinajstić information content (AvgIpc) is 2.18. The molecule has 3 nitrogen and oxygen atoms in total. The second-order valence-electron chi connectivity index (χ2n) is 2.83. The number of hydrogen-bond donors (Lipinski definition) is 1. The van der Waals surface area contributed by atoms with Crippen molar-refractivity contribution in [3.05, 3.63) is 35.4 Å². The van der Waals surface area contributed by atoms with Gasteiger partial charge < -0.3 is 10.1 Å². The van der Waals surface area contributed by atoms with E-state index in [9.17, 15) is 4.79 Å². The molecule has 0 atom stereocenters. The van der Waals surface area contributed by atoms with E-state index in [4.69, 9.17) is 16.3 Å². The molecule has 1 amide bonds. The van der Waals surface area contributed by atoms with Crippen LogP contribution in [0.1, 0.15) is 6.92 Å². The Morgan fingerprint density at radius 3 is 2.87 bits per heavy atom. The second kappa shape index (κ2) is 5.41. The smallest absolute Gasteiger partial charge is 0.248 e. The number of benzene rings is 1. The molecule has 1 N–H and O–H groups in total. The molecule has 0 aliphatic rings. The summed E-state index contributed by atoms with van der Waals surface area (Å²) in [4.78, 5) is 11.3. The Hall–Kier alpha value is -1.48. The largest absolute Gasteiger partial charge is 0.495 e. The van der Waals surface area contributed by atoms with Crippen LogP contribution < -0.4 is 10.1 Å². The highest BCUT2D eigenvalue weighted by Crippen LogP contribution is 2.27.